The highest BCUT2D eigenvalue weighted by Crippen LogP contribution is 2.49. The van der Waals surface area contributed by atoms with Crippen LogP contribution in [0, 0.1) is 5.82 Å². The number of halogens is 1. The Hall–Kier alpha value is -3.53. The fraction of sp³-hybridized carbons (Fsp3) is 0.393. The Morgan fingerprint density at radius 3 is 2.61 bits per heavy atom. The minimum Gasteiger partial charge on any atom is -0.454 e. The minimum absolute atomic E-state index is 0.142. The summed E-state index contributed by atoms with van der Waals surface area (Å²) < 4.78 is 26.7. The maximum absolute atomic E-state index is 13.9. The van der Waals surface area contributed by atoms with E-state index in [1.54, 1.807) is 16.8 Å². The monoisotopic (exact) mass is 538 g/mol. The molecule has 1 aromatic heterocycles. The van der Waals surface area contributed by atoms with Crippen LogP contribution in [0.15, 0.2) is 42.5 Å². The lowest BCUT2D eigenvalue weighted by Crippen LogP contribution is -2.42. The van der Waals surface area contributed by atoms with E-state index in [0.29, 0.717) is 29.5 Å². The van der Waals surface area contributed by atoms with Gasteiger partial charge in [0.2, 0.25) is 18.6 Å². The van der Waals surface area contributed by atoms with E-state index >= 15 is 0 Å². The van der Waals surface area contributed by atoms with Crippen molar-refractivity contribution in [3.8, 4) is 17.2 Å². The molecule has 2 aliphatic heterocycles. The highest BCUT2D eigenvalue weighted by Gasteiger charge is 2.40. The Morgan fingerprint density at radius 1 is 1.16 bits per heavy atom. The van der Waals surface area contributed by atoms with Gasteiger partial charge >= 0.3 is 0 Å². The fourth-order valence-electron chi connectivity index (χ4n) is 4.64. The smallest absolute Gasteiger partial charge is 0.240 e. The summed E-state index contributed by atoms with van der Waals surface area (Å²) in [4.78, 5) is 28.0. The van der Waals surface area contributed by atoms with Gasteiger partial charge in [-0.25, -0.2) is 9.07 Å². The van der Waals surface area contributed by atoms with E-state index in [-0.39, 0.29) is 42.0 Å². The predicted molar refractivity (Wildman–Crippen MR) is 145 cm³/mol. The number of nitrogens with one attached hydrogen (secondary N) is 1. The van der Waals surface area contributed by atoms with Gasteiger partial charge in [0.1, 0.15) is 18.2 Å². The van der Waals surface area contributed by atoms with E-state index in [1.165, 1.54) is 28.8 Å². The molecule has 0 bridgehead atoms. The van der Waals surface area contributed by atoms with Crippen molar-refractivity contribution in [1.82, 2.24) is 15.1 Å². The second-order valence-electron chi connectivity index (χ2n) is 10.4. The van der Waals surface area contributed by atoms with E-state index in [1.807, 2.05) is 25.1 Å². The molecule has 1 atom stereocenters. The molecule has 2 amide bonds. The number of aromatic nitrogens is 2. The number of carbonyl (C=O) groups excluding carboxylic acids is 2. The first kappa shape index (κ1) is 26.1. The van der Waals surface area contributed by atoms with Gasteiger partial charge in [0, 0.05) is 17.5 Å². The Kier molecular flexibility index (Phi) is 7.09. The zero-order valence-electron chi connectivity index (χ0n) is 21.9. The summed E-state index contributed by atoms with van der Waals surface area (Å²) in [5.41, 5.74) is 2.78. The molecular formula is C28H31FN4O4S. The zero-order valence-corrected chi connectivity index (χ0v) is 22.7. The van der Waals surface area contributed by atoms with Gasteiger partial charge in [-0.1, -0.05) is 33.8 Å². The molecule has 3 heterocycles. The van der Waals surface area contributed by atoms with Gasteiger partial charge in [0.15, 0.2) is 11.5 Å². The molecule has 38 heavy (non-hydrogen) atoms. The van der Waals surface area contributed by atoms with Crippen LogP contribution in [0.5, 0.6) is 11.5 Å². The minimum atomic E-state index is -0.395. The van der Waals surface area contributed by atoms with Gasteiger partial charge < -0.3 is 14.8 Å². The van der Waals surface area contributed by atoms with Crippen molar-refractivity contribution in [2.24, 2.45) is 0 Å². The lowest BCUT2D eigenvalue weighted by atomic mass is 9.87. The van der Waals surface area contributed by atoms with Crippen LogP contribution in [0.2, 0.25) is 0 Å². The number of benzene rings is 2. The number of thioether (sulfide) groups is 1. The van der Waals surface area contributed by atoms with Crippen LogP contribution >= 0.6 is 11.8 Å². The summed E-state index contributed by atoms with van der Waals surface area (Å²) in [5.74, 6) is 1.20. The molecule has 2 aliphatic rings. The number of amides is 2. The molecule has 1 unspecified atom stereocenters. The molecule has 0 saturated heterocycles. The van der Waals surface area contributed by atoms with Gasteiger partial charge in [-0.3, -0.25) is 14.5 Å². The maximum atomic E-state index is 13.9. The van der Waals surface area contributed by atoms with E-state index < -0.39 is 5.41 Å². The van der Waals surface area contributed by atoms with E-state index in [2.05, 4.69) is 26.1 Å². The standard InChI is InChI=1S/C28H31FN4O4S/c1-5-12-30-22(34)14-32-23(35)15-38-25(17-6-11-20-21(13-17)37-16-36-20)24-26(28(2,3)4)31-33(27(24)32)19-9-7-18(29)8-10-19/h6-11,13,25H,5,12,14-16H2,1-4H3,(H,30,34). The maximum Gasteiger partial charge on any atom is 0.240 e. The van der Waals surface area contributed by atoms with Gasteiger partial charge in [-0.2, -0.15) is 5.10 Å². The Bertz CT molecular complexity index is 1370. The summed E-state index contributed by atoms with van der Waals surface area (Å²) in [6, 6.07) is 11.8. The highest BCUT2D eigenvalue weighted by atomic mass is 32.2. The van der Waals surface area contributed by atoms with Crippen LogP contribution < -0.4 is 19.7 Å². The van der Waals surface area contributed by atoms with Crippen LogP contribution in [0.3, 0.4) is 0 Å². The number of rotatable bonds is 6. The van der Waals surface area contributed by atoms with Gasteiger partial charge in [-0.05, 0) is 48.4 Å². The number of nitrogens with zero attached hydrogens (tertiary/aromatic N) is 3. The van der Waals surface area contributed by atoms with Gasteiger partial charge in [-0.15, -0.1) is 11.8 Å². The van der Waals surface area contributed by atoms with Crippen LogP contribution in [-0.4, -0.2) is 47.2 Å². The molecule has 0 aliphatic carbocycles. The predicted octanol–water partition coefficient (Wildman–Crippen LogP) is 4.73. The first-order valence-corrected chi connectivity index (χ1v) is 13.7. The van der Waals surface area contributed by atoms with Crippen LogP contribution in [0.25, 0.3) is 5.69 Å². The van der Waals surface area contributed by atoms with Crippen molar-refractivity contribution >= 4 is 29.4 Å². The average molecular weight is 539 g/mol. The van der Waals surface area contributed by atoms with Crippen molar-refractivity contribution in [3.05, 3.63) is 65.1 Å². The van der Waals surface area contributed by atoms with Crippen molar-refractivity contribution in [2.75, 3.05) is 30.5 Å². The summed E-state index contributed by atoms with van der Waals surface area (Å²) in [5, 5.41) is 7.62. The normalized spacial score (nSPS) is 16.8. The first-order chi connectivity index (χ1) is 18.2. The second kappa shape index (κ2) is 10.3. The van der Waals surface area contributed by atoms with Crippen LogP contribution in [0.4, 0.5) is 10.2 Å². The SMILES string of the molecule is CCCNC(=O)CN1C(=O)CSC(c2ccc3c(c2)OCO3)c2c(C(C)(C)C)nn(-c3ccc(F)cc3)c21. The number of ether oxygens (including phenoxy) is 2. The fourth-order valence-corrected chi connectivity index (χ4v) is 5.83. The third kappa shape index (κ3) is 4.97. The molecule has 5 rings (SSSR count). The lowest BCUT2D eigenvalue weighted by Gasteiger charge is -2.24. The van der Waals surface area contributed by atoms with Crippen LogP contribution in [-0.2, 0) is 15.0 Å². The third-order valence-electron chi connectivity index (χ3n) is 6.44. The molecule has 0 radical (unpaired) electrons. The molecule has 3 aromatic rings. The van der Waals surface area contributed by atoms with E-state index in [0.717, 1.165) is 23.2 Å². The van der Waals surface area contributed by atoms with Crippen molar-refractivity contribution in [2.45, 2.75) is 44.8 Å². The zero-order chi connectivity index (χ0) is 27.0. The number of fused-ring (bicyclic) bond motifs is 2. The molecule has 0 fully saturated rings. The van der Waals surface area contributed by atoms with Crippen LogP contribution in [0.1, 0.15) is 56.2 Å². The topological polar surface area (TPSA) is 85.7 Å². The quantitative estimate of drug-likeness (QED) is 0.488. The average Bonchev–Trinajstić information content (AvgIpc) is 3.48. The lowest BCUT2D eigenvalue weighted by molar-refractivity contribution is -0.122. The molecular weight excluding hydrogens is 507 g/mol. The van der Waals surface area contributed by atoms with E-state index in [4.69, 9.17) is 14.6 Å². The number of hydrogen-bond donors (Lipinski definition) is 1. The number of anilines is 1. The van der Waals surface area contributed by atoms with Crippen molar-refractivity contribution in [3.63, 3.8) is 0 Å². The Morgan fingerprint density at radius 2 is 1.89 bits per heavy atom. The molecule has 1 N–H and O–H groups in total. The first-order valence-electron chi connectivity index (χ1n) is 12.6. The van der Waals surface area contributed by atoms with E-state index in [9.17, 15) is 14.0 Å². The van der Waals surface area contributed by atoms with Crippen molar-refractivity contribution in [1.29, 1.82) is 0 Å². The summed E-state index contributed by atoms with van der Waals surface area (Å²) >= 11 is 1.49. The number of carbonyl (C=O) groups is 2. The molecule has 2 aromatic carbocycles. The number of hydrogen-bond acceptors (Lipinski definition) is 6. The Balaban J connectivity index is 1.74. The van der Waals surface area contributed by atoms with Crippen molar-refractivity contribution < 1.29 is 23.5 Å². The molecule has 0 spiro atoms. The molecule has 10 heteroatoms. The second-order valence-corrected chi connectivity index (χ2v) is 11.5. The Labute approximate surface area is 225 Å². The van der Waals surface area contributed by atoms with Gasteiger partial charge in [0.25, 0.3) is 0 Å². The molecule has 8 nitrogen and oxygen atoms in total. The summed E-state index contributed by atoms with van der Waals surface area (Å²) in [6.07, 6.45) is 0.786. The largest absolute Gasteiger partial charge is 0.454 e. The summed E-state index contributed by atoms with van der Waals surface area (Å²) in [6.45, 7) is 8.71. The molecule has 200 valence electrons. The third-order valence-corrected chi connectivity index (χ3v) is 7.70. The van der Waals surface area contributed by atoms with Gasteiger partial charge in [0.05, 0.1) is 22.4 Å². The highest BCUT2D eigenvalue weighted by molar-refractivity contribution is 8.00. The molecule has 0 saturated carbocycles. The summed E-state index contributed by atoms with van der Waals surface area (Å²) in [7, 11) is 0.